The third kappa shape index (κ3) is 6.87. The molecule has 0 radical (unpaired) electrons. The summed E-state index contributed by atoms with van der Waals surface area (Å²) in [6.45, 7) is 10.1. The Balaban J connectivity index is 1.51. The van der Waals surface area contributed by atoms with Crippen molar-refractivity contribution in [2.45, 2.75) is 65.3 Å². The molecule has 0 amide bonds. The first-order valence-electron chi connectivity index (χ1n) is 9.68. The van der Waals surface area contributed by atoms with Crippen molar-refractivity contribution in [2.24, 2.45) is 0 Å². The van der Waals surface area contributed by atoms with Crippen LogP contribution in [-0.4, -0.2) is 16.5 Å². The second-order valence-electron chi connectivity index (χ2n) is 6.78. The number of imidazole rings is 1. The van der Waals surface area contributed by atoms with Crippen molar-refractivity contribution in [3.63, 3.8) is 0 Å². The maximum Gasteiger partial charge on any atom is 0.103 e. The molecule has 3 nitrogen and oxygen atoms in total. The van der Waals surface area contributed by atoms with Crippen LogP contribution in [0, 0.1) is 6.92 Å². The first-order valence-corrected chi connectivity index (χ1v) is 9.68. The highest BCUT2D eigenvalue weighted by molar-refractivity contribution is 5.52. The predicted octanol–water partition coefficient (Wildman–Crippen LogP) is 5.21. The number of unbranched alkanes of at least 4 members (excludes halogenated alkanes) is 4. The van der Waals surface area contributed by atoms with Crippen molar-refractivity contribution in [3.05, 3.63) is 59.2 Å². The van der Waals surface area contributed by atoms with Gasteiger partial charge in [0.25, 0.3) is 0 Å². The quantitative estimate of drug-likeness (QED) is 0.521. The summed E-state index contributed by atoms with van der Waals surface area (Å²) in [6, 6.07) is 6.84. The summed E-state index contributed by atoms with van der Waals surface area (Å²) in [6.07, 6.45) is 12.7. The van der Waals surface area contributed by atoms with Crippen LogP contribution in [0.2, 0.25) is 0 Å². The van der Waals surface area contributed by atoms with Gasteiger partial charge in [0.05, 0.1) is 0 Å². The zero-order chi connectivity index (χ0) is 17.9. The molecule has 0 saturated carbocycles. The van der Waals surface area contributed by atoms with E-state index in [4.69, 9.17) is 0 Å². The Morgan fingerprint density at radius 3 is 2.68 bits per heavy atom. The van der Waals surface area contributed by atoms with Gasteiger partial charge in [-0.15, -0.1) is 0 Å². The average molecular weight is 340 g/mol. The van der Waals surface area contributed by atoms with Gasteiger partial charge >= 0.3 is 0 Å². The minimum absolute atomic E-state index is 0.890. The first-order chi connectivity index (χ1) is 12.2. The lowest BCUT2D eigenvalue weighted by molar-refractivity contribution is 0.572. The van der Waals surface area contributed by atoms with E-state index in [0.717, 1.165) is 25.3 Å². The second-order valence-corrected chi connectivity index (χ2v) is 6.78. The van der Waals surface area contributed by atoms with Crippen LogP contribution in [0.25, 0.3) is 6.08 Å². The van der Waals surface area contributed by atoms with E-state index in [0.29, 0.717) is 0 Å². The van der Waals surface area contributed by atoms with Crippen LogP contribution >= 0.6 is 0 Å². The average Bonchev–Trinajstić information content (AvgIpc) is 3.05. The zero-order valence-corrected chi connectivity index (χ0v) is 15.9. The summed E-state index contributed by atoms with van der Waals surface area (Å²) in [5.41, 5.74) is 5.35. The molecule has 0 aliphatic rings. The monoisotopic (exact) mass is 339 g/mol. The van der Waals surface area contributed by atoms with Crippen LogP contribution in [0.1, 0.15) is 67.2 Å². The van der Waals surface area contributed by atoms with Crippen LogP contribution in [0.5, 0.6) is 0 Å². The summed E-state index contributed by atoms with van der Waals surface area (Å²) < 4.78 is 0. The molecule has 0 atom stereocenters. The molecule has 0 saturated heterocycles. The standard InChI is InChI=1S/C22H33N3/c1-4-20-13-12-19(15-21(20)5-2)11-9-7-6-8-10-14-23-16-22-17-24-18(3)25-22/h4,12-13,15,17,23H,1,5-11,14,16H2,2-3H3,(H,24,25). The Hall–Kier alpha value is -1.87. The van der Waals surface area contributed by atoms with E-state index in [1.54, 1.807) is 0 Å². The number of rotatable bonds is 12. The number of aryl methyl sites for hydroxylation is 3. The van der Waals surface area contributed by atoms with E-state index < -0.39 is 0 Å². The van der Waals surface area contributed by atoms with Gasteiger partial charge in [0.15, 0.2) is 0 Å². The number of aromatic amines is 1. The fraction of sp³-hybridized carbons (Fsp3) is 0.500. The summed E-state index contributed by atoms with van der Waals surface area (Å²) in [5.74, 6) is 0.988. The lowest BCUT2D eigenvalue weighted by Gasteiger charge is -2.08. The molecule has 136 valence electrons. The molecule has 0 aliphatic heterocycles. The highest BCUT2D eigenvalue weighted by atomic mass is 14.9. The van der Waals surface area contributed by atoms with Gasteiger partial charge in [-0.25, -0.2) is 4.98 Å². The van der Waals surface area contributed by atoms with Gasteiger partial charge in [0.2, 0.25) is 0 Å². The summed E-state index contributed by atoms with van der Waals surface area (Å²) in [7, 11) is 0. The second kappa shape index (κ2) is 10.9. The molecule has 1 heterocycles. The van der Waals surface area contributed by atoms with Gasteiger partial charge in [-0.05, 0) is 55.8 Å². The molecule has 0 fully saturated rings. The molecule has 3 heteroatoms. The summed E-state index contributed by atoms with van der Waals surface area (Å²) in [5, 5.41) is 3.48. The third-order valence-corrected chi connectivity index (χ3v) is 4.70. The van der Waals surface area contributed by atoms with Crippen molar-refractivity contribution in [1.82, 2.24) is 15.3 Å². The maximum atomic E-state index is 4.21. The van der Waals surface area contributed by atoms with Crippen LogP contribution in [0.4, 0.5) is 0 Å². The van der Waals surface area contributed by atoms with Gasteiger partial charge in [-0.3, -0.25) is 0 Å². The maximum absolute atomic E-state index is 4.21. The normalized spacial score (nSPS) is 11.0. The number of benzene rings is 1. The lowest BCUT2D eigenvalue weighted by Crippen LogP contribution is -2.14. The van der Waals surface area contributed by atoms with Gasteiger partial charge in [0, 0.05) is 18.4 Å². The molecule has 2 rings (SSSR count). The zero-order valence-electron chi connectivity index (χ0n) is 15.9. The lowest BCUT2D eigenvalue weighted by atomic mass is 9.98. The minimum Gasteiger partial charge on any atom is -0.345 e. The van der Waals surface area contributed by atoms with Crippen molar-refractivity contribution < 1.29 is 0 Å². The van der Waals surface area contributed by atoms with Crippen molar-refractivity contribution >= 4 is 6.08 Å². The fourth-order valence-corrected chi connectivity index (χ4v) is 3.21. The van der Waals surface area contributed by atoms with Gasteiger partial charge in [-0.1, -0.05) is 57.0 Å². The minimum atomic E-state index is 0.890. The highest BCUT2D eigenvalue weighted by Gasteiger charge is 2.00. The Morgan fingerprint density at radius 1 is 1.16 bits per heavy atom. The first kappa shape index (κ1) is 19.5. The fourth-order valence-electron chi connectivity index (χ4n) is 3.21. The molecule has 1 aromatic heterocycles. The third-order valence-electron chi connectivity index (χ3n) is 4.70. The van der Waals surface area contributed by atoms with Crippen LogP contribution in [0.15, 0.2) is 31.0 Å². The number of H-pyrrole nitrogens is 1. The van der Waals surface area contributed by atoms with E-state index in [-0.39, 0.29) is 0 Å². The predicted molar refractivity (Wildman–Crippen MR) is 108 cm³/mol. The van der Waals surface area contributed by atoms with E-state index in [1.807, 2.05) is 19.2 Å². The Kier molecular flexibility index (Phi) is 8.47. The van der Waals surface area contributed by atoms with E-state index in [2.05, 4.69) is 47.0 Å². The number of hydrogen-bond donors (Lipinski definition) is 2. The molecule has 0 bridgehead atoms. The molecular weight excluding hydrogens is 306 g/mol. The highest BCUT2D eigenvalue weighted by Crippen LogP contribution is 2.16. The molecule has 0 aliphatic carbocycles. The summed E-state index contributed by atoms with van der Waals surface area (Å²) in [4.78, 5) is 7.46. The molecule has 2 aromatic rings. The Bertz CT molecular complexity index is 642. The Labute approximate surface area is 153 Å². The van der Waals surface area contributed by atoms with Crippen LogP contribution < -0.4 is 5.32 Å². The van der Waals surface area contributed by atoms with Crippen LogP contribution in [-0.2, 0) is 19.4 Å². The number of hydrogen-bond acceptors (Lipinski definition) is 2. The molecular formula is C22H33N3. The summed E-state index contributed by atoms with van der Waals surface area (Å²) >= 11 is 0. The molecule has 1 aromatic carbocycles. The topological polar surface area (TPSA) is 40.7 Å². The smallest absolute Gasteiger partial charge is 0.103 e. The van der Waals surface area contributed by atoms with Crippen molar-refractivity contribution in [3.8, 4) is 0 Å². The van der Waals surface area contributed by atoms with Crippen molar-refractivity contribution in [1.29, 1.82) is 0 Å². The SMILES string of the molecule is C=Cc1ccc(CCCCCCCNCc2cnc(C)[nH]2)cc1CC. The molecule has 2 N–H and O–H groups in total. The molecule has 0 unspecified atom stereocenters. The molecule has 0 spiro atoms. The largest absolute Gasteiger partial charge is 0.345 e. The number of nitrogens with zero attached hydrogens (tertiary/aromatic N) is 1. The van der Waals surface area contributed by atoms with Gasteiger partial charge in [-0.2, -0.15) is 0 Å². The molecule has 25 heavy (non-hydrogen) atoms. The van der Waals surface area contributed by atoms with Gasteiger partial charge < -0.3 is 10.3 Å². The van der Waals surface area contributed by atoms with Gasteiger partial charge in [0.1, 0.15) is 5.82 Å². The number of nitrogens with one attached hydrogen (secondary N) is 2. The van der Waals surface area contributed by atoms with Crippen molar-refractivity contribution in [2.75, 3.05) is 6.54 Å². The van der Waals surface area contributed by atoms with E-state index in [9.17, 15) is 0 Å². The van der Waals surface area contributed by atoms with E-state index in [1.165, 1.54) is 60.9 Å². The van der Waals surface area contributed by atoms with E-state index >= 15 is 0 Å². The Morgan fingerprint density at radius 2 is 1.96 bits per heavy atom. The number of aromatic nitrogens is 2. The van der Waals surface area contributed by atoms with Crippen LogP contribution in [0.3, 0.4) is 0 Å².